The average molecular weight is 262 g/mol. The van der Waals surface area contributed by atoms with Crippen molar-refractivity contribution >= 4 is 11.6 Å². The zero-order chi connectivity index (χ0) is 13.8. The van der Waals surface area contributed by atoms with E-state index < -0.39 is 12.4 Å². The molecule has 0 aliphatic heterocycles. The molecule has 0 aromatic heterocycles. The monoisotopic (exact) mass is 262 g/mol. The van der Waals surface area contributed by atoms with Crippen molar-refractivity contribution in [3.8, 4) is 5.75 Å². The Hall–Kier alpha value is -1.76. The van der Waals surface area contributed by atoms with Crippen LogP contribution < -0.4 is 15.8 Å². The predicted octanol–water partition coefficient (Wildman–Crippen LogP) is 2.26. The molecule has 1 unspecified atom stereocenters. The van der Waals surface area contributed by atoms with Gasteiger partial charge in [-0.25, -0.2) is 0 Å². The van der Waals surface area contributed by atoms with Gasteiger partial charge in [0.1, 0.15) is 5.75 Å². The number of carbonyl (C=O) groups excluding carboxylic acids is 1. The average Bonchev–Trinajstić information content (AvgIpc) is 2.28. The van der Waals surface area contributed by atoms with E-state index in [4.69, 9.17) is 5.73 Å². The highest BCUT2D eigenvalue weighted by molar-refractivity contribution is 5.94. The number of carbonyl (C=O) groups is 1. The Labute approximate surface area is 102 Å². The number of halogens is 3. The SMILES string of the molecule is CCC(N)C(=O)Nc1ccc(OC(F)(F)F)cc1. The zero-order valence-corrected chi connectivity index (χ0v) is 9.62. The number of amides is 1. The largest absolute Gasteiger partial charge is 0.573 e. The van der Waals surface area contributed by atoms with E-state index in [1.807, 2.05) is 0 Å². The number of rotatable bonds is 4. The maximum absolute atomic E-state index is 11.9. The minimum absolute atomic E-state index is 0.347. The quantitative estimate of drug-likeness (QED) is 0.874. The van der Waals surface area contributed by atoms with Crippen LogP contribution in [0, 0.1) is 0 Å². The van der Waals surface area contributed by atoms with E-state index >= 15 is 0 Å². The number of anilines is 1. The van der Waals surface area contributed by atoms with Crippen LogP contribution in [0.15, 0.2) is 24.3 Å². The van der Waals surface area contributed by atoms with Crippen molar-refractivity contribution in [2.24, 2.45) is 5.73 Å². The number of ether oxygens (including phenoxy) is 1. The lowest BCUT2D eigenvalue weighted by atomic mass is 10.2. The van der Waals surface area contributed by atoms with Crippen molar-refractivity contribution in [1.29, 1.82) is 0 Å². The topological polar surface area (TPSA) is 64.4 Å². The van der Waals surface area contributed by atoms with E-state index in [9.17, 15) is 18.0 Å². The Morgan fingerprint density at radius 2 is 1.94 bits per heavy atom. The van der Waals surface area contributed by atoms with Crippen molar-refractivity contribution in [2.75, 3.05) is 5.32 Å². The summed E-state index contributed by atoms with van der Waals surface area (Å²) in [5.74, 6) is -0.734. The first-order chi connectivity index (χ1) is 8.31. The van der Waals surface area contributed by atoms with Gasteiger partial charge in [0.15, 0.2) is 0 Å². The second-order valence-corrected chi connectivity index (χ2v) is 3.58. The molecule has 0 bridgehead atoms. The normalized spacial score (nSPS) is 12.9. The molecule has 0 saturated carbocycles. The molecule has 0 fully saturated rings. The van der Waals surface area contributed by atoms with Gasteiger partial charge in [0.2, 0.25) is 5.91 Å². The van der Waals surface area contributed by atoms with Gasteiger partial charge in [-0.3, -0.25) is 4.79 Å². The first kappa shape index (κ1) is 14.3. The molecule has 0 spiro atoms. The lowest BCUT2D eigenvalue weighted by molar-refractivity contribution is -0.274. The standard InChI is InChI=1S/C11H13F3N2O2/c1-2-9(15)10(17)16-7-3-5-8(6-4-7)18-11(12,13)14/h3-6,9H,2,15H2,1H3,(H,16,17). The van der Waals surface area contributed by atoms with Crippen molar-refractivity contribution in [2.45, 2.75) is 25.7 Å². The number of alkyl halides is 3. The Morgan fingerprint density at radius 1 is 1.39 bits per heavy atom. The summed E-state index contributed by atoms with van der Waals surface area (Å²) in [6.07, 6.45) is -4.25. The Bertz CT molecular complexity index is 404. The van der Waals surface area contributed by atoms with Crippen LogP contribution in [0.5, 0.6) is 5.75 Å². The number of nitrogens with one attached hydrogen (secondary N) is 1. The molecule has 1 atom stereocenters. The summed E-state index contributed by atoms with van der Waals surface area (Å²) in [4.78, 5) is 11.4. The van der Waals surface area contributed by atoms with Gasteiger partial charge in [0, 0.05) is 5.69 Å². The first-order valence-corrected chi connectivity index (χ1v) is 5.24. The molecule has 1 aromatic carbocycles. The summed E-state index contributed by atoms with van der Waals surface area (Å²) in [6, 6.07) is 4.19. The van der Waals surface area contributed by atoms with Gasteiger partial charge < -0.3 is 15.8 Å². The molecule has 4 nitrogen and oxygen atoms in total. The van der Waals surface area contributed by atoms with E-state index in [1.165, 1.54) is 12.1 Å². The number of benzene rings is 1. The summed E-state index contributed by atoms with van der Waals surface area (Å²) in [6.45, 7) is 1.75. The van der Waals surface area contributed by atoms with Gasteiger partial charge in [-0.2, -0.15) is 0 Å². The molecule has 0 heterocycles. The lowest BCUT2D eigenvalue weighted by Gasteiger charge is -2.11. The van der Waals surface area contributed by atoms with E-state index in [1.54, 1.807) is 6.92 Å². The van der Waals surface area contributed by atoms with Gasteiger partial charge >= 0.3 is 6.36 Å². The van der Waals surface area contributed by atoms with E-state index in [-0.39, 0.29) is 11.7 Å². The summed E-state index contributed by atoms with van der Waals surface area (Å²) in [7, 11) is 0. The van der Waals surface area contributed by atoms with Crippen molar-refractivity contribution in [1.82, 2.24) is 0 Å². The highest BCUT2D eigenvalue weighted by atomic mass is 19.4. The molecule has 0 saturated heterocycles. The molecular formula is C11H13F3N2O2. The Morgan fingerprint density at radius 3 is 2.39 bits per heavy atom. The van der Waals surface area contributed by atoms with Crippen LogP contribution in [-0.2, 0) is 4.79 Å². The molecule has 1 amide bonds. The molecule has 3 N–H and O–H groups in total. The van der Waals surface area contributed by atoms with Crippen LogP contribution in [0.25, 0.3) is 0 Å². The van der Waals surface area contributed by atoms with Crippen LogP contribution in [0.3, 0.4) is 0 Å². The van der Waals surface area contributed by atoms with Gasteiger partial charge in [0.05, 0.1) is 6.04 Å². The molecular weight excluding hydrogens is 249 g/mol. The van der Waals surface area contributed by atoms with Crippen LogP contribution in [0.4, 0.5) is 18.9 Å². The van der Waals surface area contributed by atoms with E-state index in [0.717, 1.165) is 12.1 Å². The van der Waals surface area contributed by atoms with Crippen molar-refractivity contribution in [3.05, 3.63) is 24.3 Å². The molecule has 0 aliphatic rings. The fourth-order valence-corrected chi connectivity index (χ4v) is 1.16. The molecule has 100 valence electrons. The van der Waals surface area contributed by atoms with Crippen LogP contribution in [0.1, 0.15) is 13.3 Å². The molecule has 0 radical (unpaired) electrons. The Kier molecular flexibility index (Phi) is 4.55. The first-order valence-electron chi connectivity index (χ1n) is 5.24. The molecule has 7 heteroatoms. The predicted molar refractivity (Wildman–Crippen MR) is 60.0 cm³/mol. The van der Waals surface area contributed by atoms with Crippen LogP contribution in [-0.4, -0.2) is 18.3 Å². The number of hydrogen-bond donors (Lipinski definition) is 2. The molecule has 1 rings (SSSR count). The molecule has 0 aliphatic carbocycles. The van der Waals surface area contributed by atoms with Crippen molar-refractivity contribution < 1.29 is 22.7 Å². The molecule has 1 aromatic rings. The smallest absolute Gasteiger partial charge is 0.406 e. The summed E-state index contributed by atoms with van der Waals surface area (Å²) >= 11 is 0. The lowest BCUT2D eigenvalue weighted by Crippen LogP contribution is -2.34. The fraction of sp³-hybridized carbons (Fsp3) is 0.364. The van der Waals surface area contributed by atoms with Gasteiger partial charge in [-0.1, -0.05) is 6.92 Å². The van der Waals surface area contributed by atoms with E-state index in [0.29, 0.717) is 12.1 Å². The third-order valence-electron chi connectivity index (χ3n) is 2.13. The van der Waals surface area contributed by atoms with Gasteiger partial charge in [-0.05, 0) is 30.7 Å². The van der Waals surface area contributed by atoms with E-state index in [2.05, 4.69) is 10.1 Å². The van der Waals surface area contributed by atoms with Crippen LogP contribution in [0.2, 0.25) is 0 Å². The number of nitrogens with two attached hydrogens (primary N) is 1. The van der Waals surface area contributed by atoms with Crippen LogP contribution >= 0.6 is 0 Å². The highest BCUT2D eigenvalue weighted by Crippen LogP contribution is 2.23. The highest BCUT2D eigenvalue weighted by Gasteiger charge is 2.30. The molecule has 18 heavy (non-hydrogen) atoms. The van der Waals surface area contributed by atoms with Gasteiger partial charge in [0.25, 0.3) is 0 Å². The zero-order valence-electron chi connectivity index (χ0n) is 9.62. The summed E-state index contributed by atoms with van der Waals surface area (Å²) in [5, 5.41) is 2.48. The summed E-state index contributed by atoms with van der Waals surface area (Å²) in [5.41, 5.74) is 5.85. The fourth-order valence-electron chi connectivity index (χ4n) is 1.16. The maximum atomic E-state index is 11.9. The number of hydrogen-bond acceptors (Lipinski definition) is 3. The minimum Gasteiger partial charge on any atom is -0.406 e. The second kappa shape index (κ2) is 5.72. The van der Waals surface area contributed by atoms with Gasteiger partial charge in [-0.15, -0.1) is 13.2 Å². The second-order valence-electron chi connectivity index (χ2n) is 3.58. The third kappa shape index (κ3) is 4.62. The van der Waals surface area contributed by atoms with Crippen molar-refractivity contribution in [3.63, 3.8) is 0 Å². The third-order valence-corrected chi connectivity index (χ3v) is 2.13. The summed E-state index contributed by atoms with van der Waals surface area (Å²) < 4.78 is 39.4. The minimum atomic E-state index is -4.73. The Balaban J connectivity index is 2.63. The maximum Gasteiger partial charge on any atom is 0.573 e.